The van der Waals surface area contributed by atoms with Crippen LogP contribution in [0.3, 0.4) is 0 Å². The van der Waals surface area contributed by atoms with Gasteiger partial charge in [0, 0.05) is 16.9 Å². The molecule has 0 spiro atoms. The summed E-state index contributed by atoms with van der Waals surface area (Å²) in [5.41, 5.74) is 9.56. The lowest BCUT2D eigenvalue weighted by molar-refractivity contribution is 0.457. The molecule has 0 saturated heterocycles. The first kappa shape index (κ1) is 16.5. The number of aliphatic imine (C=N–C) groups is 1. The summed E-state index contributed by atoms with van der Waals surface area (Å²) in [6.45, 7) is 4.44. The summed E-state index contributed by atoms with van der Waals surface area (Å²) in [6, 6.07) is 13.3. The van der Waals surface area contributed by atoms with Gasteiger partial charge in [0.2, 0.25) is 0 Å². The molecule has 0 aliphatic carbocycles. The van der Waals surface area contributed by atoms with Crippen LogP contribution in [0.25, 0.3) is 0 Å². The van der Waals surface area contributed by atoms with Gasteiger partial charge in [0.15, 0.2) is 5.96 Å². The zero-order chi connectivity index (χ0) is 17.2. The number of hydrogen-bond acceptors (Lipinski definition) is 3. The maximum Gasteiger partial charge on any atom is 0.197 e. The van der Waals surface area contributed by atoms with Gasteiger partial charge in [-0.05, 0) is 49.2 Å². The Labute approximate surface area is 146 Å². The monoisotopic (exact) mass is 341 g/mol. The lowest BCUT2D eigenvalue weighted by atomic mass is 9.90. The SMILES string of the molecule is CC1=C(C)C(N)(c2cccc(Cl)c2)NC(=NCc2ccccn2)N1. The molecular weight excluding hydrogens is 322 g/mol. The van der Waals surface area contributed by atoms with Crippen LogP contribution in [0.15, 0.2) is 64.9 Å². The van der Waals surface area contributed by atoms with Gasteiger partial charge in [-0.1, -0.05) is 29.8 Å². The summed E-state index contributed by atoms with van der Waals surface area (Å²) < 4.78 is 0. The molecule has 3 rings (SSSR count). The van der Waals surface area contributed by atoms with Crippen molar-refractivity contribution in [3.8, 4) is 0 Å². The summed E-state index contributed by atoms with van der Waals surface area (Å²) in [4.78, 5) is 8.85. The van der Waals surface area contributed by atoms with E-state index in [1.54, 1.807) is 6.20 Å². The largest absolute Gasteiger partial charge is 0.331 e. The number of hydrogen-bond donors (Lipinski definition) is 3. The normalized spacial score (nSPS) is 22.2. The Balaban J connectivity index is 1.92. The van der Waals surface area contributed by atoms with Crippen molar-refractivity contribution in [2.45, 2.75) is 26.1 Å². The van der Waals surface area contributed by atoms with Gasteiger partial charge >= 0.3 is 0 Å². The second kappa shape index (κ2) is 6.63. The Morgan fingerprint density at radius 2 is 2.04 bits per heavy atom. The number of rotatable bonds is 3. The number of guanidine groups is 1. The van der Waals surface area contributed by atoms with Gasteiger partial charge in [0.1, 0.15) is 5.66 Å². The van der Waals surface area contributed by atoms with Crippen molar-refractivity contribution >= 4 is 17.6 Å². The Morgan fingerprint density at radius 3 is 2.75 bits per heavy atom. The van der Waals surface area contributed by atoms with E-state index in [1.807, 2.05) is 56.3 Å². The van der Waals surface area contributed by atoms with E-state index in [2.05, 4.69) is 20.6 Å². The Morgan fingerprint density at radius 1 is 1.21 bits per heavy atom. The van der Waals surface area contributed by atoms with E-state index in [9.17, 15) is 0 Å². The van der Waals surface area contributed by atoms with Crippen LogP contribution in [0, 0.1) is 0 Å². The second-order valence-electron chi connectivity index (χ2n) is 5.80. The molecule has 24 heavy (non-hydrogen) atoms. The van der Waals surface area contributed by atoms with Crippen molar-refractivity contribution in [1.29, 1.82) is 0 Å². The van der Waals surface area contributed by atoms with E-state index in [4.69, 9.17) is 17.3 Å². The number of nitrogens with two attached hydrogens (primary N) is 1. The van der Waals surface area contributed by atoms with E-state index >= 15 is 0 Å². The third kappa shape index (κ3) is 3.27. The number of allylic oxidation sites excluding steroid dienone is 1. The van der Waals surface area contributed by atoms with E-state index < -0.39 is 5.66 Å². The third-order valence-electron chi connectivity index (χ3n) is 4.18. The average molecular weight is 342 g/mol. The Kier molecular flexibility index (Phi) is 4.55. The van der Waals surface area contributed by atoms with Gasteiger partial charge in [0.25, 0.3) is 0 Å². The van der Waals surface area contributed by atoms with E-state index in [0.717, 1.165) is 22.5 Å². The van der Waals surface area contributed by atoms with Crippen LogP contribution in [-0.2, 0) is 12.2 Å². The fraction of sp³-hybridized carbons (Fsp3) is 0.222. The van der Waals surface area contributed by atoms with Crippen molar-refractivity contribution in [2.75, 3.05) is 0 Å². The number of benzene rings is 1. The summed E-state index contributed by atoms with van der Waals surface area (Å²) in [6.07, 6.45) is 1.76. The van der Waals surface area contributed by atoms with Gasteiger partial charge in [-0.15, -0.1) is 0 Å². The summed E-state index contributed by atoms with van der Waals surface area (Å²) in [5, 5.41) is 7.20. The third-order valence-corrected chi connectivity index (χ3v) is 4.42. The van der Waals surface area contributed by atoms with Crippen LogP contribution >= 0.6 is 11.6 Å². The minimum absolute atomic E-state index is 0.466. The molecule has 0 radical (unpaired) electrons. The maximum absolute atomic E-state index is 6.68. The molecule has 1 aliphatic heterocycles. The smallest absolute Gasteiger partial charge is 0.197 e. The number of nitrogens with zero attached hydrogens (tertiary/aromatic N) is 2. The number of pyridine rings is 1. The lowest BCUT2D eigenvalue weighted by Crippen LogP contribution is -2.61. The molecule has 1 atom stereocenters. The summed E-state index contributed by atoms with van der Waals surface area (Å²) in [7, 11) is 0. The predicted molar refractivity (Wildman–Crippen MR) is 97.3 cm³/mol. The molecule has 1 aromatic heterocycles. The van der Waals surface area contributed by atoms with Crippen LogP contribution in [0.1, 0.15) is 25.1 Å². The van der Waals surface area contributed by atoms with Crippen LogP contribution in [-0.4, -0.2) is 10.9 Å². The van der Waals surface area contributed by atoms with Gasteiger partial charge in [-0.3, -0.25) is 4.98 Å². The molecule has 5 nitrogen and oxygen atoms in total. The molecule has 2 heterocycles. The molecule has 0 bridgehead atoms. The molecule has 0 saturated carbocycles. The molecule has 2 aromatic rings. The van der Waals surface area contributed by atoms with Crippen LogP contribution in [0.2, 0.25) is 5.02 Å². The first-order valence-corrected chi connectivity index (χ1v) is 8.09. The molecule has 6 heteroatoms. The van der Waals surface area contributed by atoms with Crippen LogP contribution < -0.4 is 16.4 Å². The number of nitrogens with one attached hydrogen (secondary N) is 2. The average Bonchev–Trinajstić information content (AvgIpc) is 2.59. The number of aromatic nitrogens is 1. The topological polar surface area (TPSA) is 75.3 Å². The van der Waals surface area contributed by atoms with E-state index in [-0.39, 0.29) is 0 Å². The molecule has 1 unspecified atom stereocenters. The van der Waals surface area contributed by atoms with Gasteiger partial charge in [0.05, 0.1) is 12.2 Å². The van der Waals surface area contributed by atoms with E-state index in [0.29, 0.717) is 17.5 Å². The highest BCUT2D eigenvalue weighted by Gasteiger charge is 2.35. The van der Waals surface area contributed by atoms with Crippen molar-refractivity contribution in [1.82, 2.24) is 15.6 Å². The van der Waals surface area contributed by atoms with Crippen molar-refractivity contribution in [3.63, 3.8) is 0 Å². The lowest BCUT2D eigenvalue weighted by Gasteiger charge is -2.39. The Hall–Kier alpha value is -2.37. The van der Waals surface area contributed by atoms with Crippen LogP contribution in [0.5, 0.6) is 0 Å². The fourth-order valence-electron chi connectivity index (χ4n) is 2.63. The minimum atomic E-state index is -0.858. The highest BCUT2D eigenvalue weighted by molar-refractivity contribution is 6.30. The molecule has 124 valence electrons. The quantitative estimate of drug-likeness (QED) is 0.802. The van der Waals surface area contributed by atoms with Crippen molar-refractivity contribution in [2.24, 2.45) is 10.7 Å². The first-order chi connectivity index (χ1) is 11.5. The van der Waals surface area contributed by atoms with Crippen molar-refractivity contribution < 1.29 is 0 Å². The van der Waals surface area contributed by atoms with E-state index in [1.165, 1.54) is 0 Å². The predicted octanol–water partition coefficient (Wildman–Crippen LogP) is 2.89. The second-order valence-corrected chi connectivity index (χ2v) is 6.24. The molecule has 0 amide bonds. The standard InChI is InChI=1S/C18H20ClN5/c1-12-13(2)23-17(22-11-16-8-3-4-9-21-16)24-18(12,20)14-6-5-7-15(19)10-14/h3-10H,11,20H2,1-2H3,(H2,22,23,24). The maximum atomic E-state index is 6.68. The fourth-order valence-corrected chi connectivity index (χ4v) is 2.82. The van der Waals surface area contributed by atoms with Gasteiger partial charge in [-0.25, -0.2) is 4.99 Å². The molecule has 1 aromatic carbocycles. The molecule has 0 fully saturated rings. The highest BCUT2D eigenvalue weighted by Crippen LogP contribution is 2.29. The van der Waals surface area contributed by atoms with Gasteiger partial charge in [-0.2, -0.15) is 0 Å². The van der Waals surface area contributed by atoms with Crippen LogP contribution in [0.4, 0.5) is 0 Å². The molecule has 4 N–H and O–H groups in total. The summed E-state index contributed by atoms with van der Waals surface area (Å²) in [5.74, 6) is 0.617. The van der Waals surface area contributed by atoms with Crippen molar-refractivity contribution in [3.05, 3.63) is 76.2 Å². The first-order valence-electron chi connectivity index (χ1n) is 7.71. The molecular formula is C18H20ClN5. The molecule has 1 aliphatic rings. The minimum Gasteiger partial charge on any atom is -0.331 e. The van der Waals surface area contributed by atoms with Gasteiger partial charge < -0.3 is 16.4 Å². The zero-order valence-corrected chi connectivity index (χ0v) is 14.4. The Bertz CT molecular complexity index is 800. The summed E-state index contributed by atoms with van der Waals surface area (Å²) >= 11 is 6.13. The zero-order valence-electron chi connectivity index (χ0n) is 13.7. The highest BCUT2D eigenvalue weighted by atomic mass is 35.5. The number of halogens is 1.